The largest absolute Gasteiger partial charge is 0.491 e. The highest BCUT2D eigenvalue weighted by Gasteiger charge is 2.24. The van der Waals surface area contributed by atoms with E-state index in [0.29, 0.717) is 35.4 Å². The Hall–Kier alpha value is -1.66. The van der Waals surface area contributed by atoms with Crippen LogP contribution < -0.4 is 9.64 Å². The third kappa shape index (κ3) is 2.41. The van der Waals surface area contributed by atoms with E-state index in [4.69, 9.17) is 16.3 Å². The minimum absolute atomic E-state index is 0.00554. The molecule has 1 aliphatic heterocycles. The molecule has 1 amide bonds. The van der Waals surface area contributed by atoms with Crippen LogP contribution in [0, 0.1) is 0 Å². The van der Waals surface area contributed by atoms with Gasteiger partial charge in [0, 0.05) is 11.5 Å². The molecule has 0 fully saturated rings. The number of amides is 1. The predicted octanol–water partition coefficient (Wildman–Crippen LogP) is 2.51. The Morgan fingerprint density at radius 3 is 3.05 bits per heavy atom. The van der Waals surface area contributed by atoms with E-state index in [2.05, 4.69) is 9.59 Å². The van der Waals surface area contributed by atoms with E-state index in [1.165, 1.54) is 0 Å². The van der Waals surface area contributed by atoms with Crippen LogP contribution in [0.3, 0.4) is 0 Å². The smallest absolute Gasteiger partial charge is 0.230 e. The lowest BCUT2D eigenvalue weighted by molar-refractivity contribution is -0.118. The van der Waals surface area contributed by atoms with Gasteiger partial charge in [0.25, 0.3) is 0 Å². The van der Waals surface area contributed by atoms with Crippen molar-refractivity contribution in [2.24, 2.45) is 0 Å². The average molecular weight is 296 g/mol. The summed E-state index contributed by atoms with van der Waals surface area (Å²) in [5, 5.41) is 3.95. The number of rotatable bonds is 2. The van der Waals surface area contributed by atoms with E-state index >= 15 is 0 Å². The van der Waals surface area contributed by atoms with Crippen molar-refractivity contribution in [1.82, 2.24) is 9.59 Å². The number of nitrogens with zero attached hydrogens (tertiary/aromatic N) is 3. The van der Waals surface area contributed by atoms with Crippen LogP contribution in [0.5, 0.6) is 5.75 Å². The van der Waals surface area contributed by atoms with E-state index in [0.717, 1.165) is 17.2 Å². The molecular weight excluding hydrogens is 286 g/mol. The molecule has 0 saturated carbocycles. The number of anilines is 1. The molecule has 1 aromatic carbocycles. The number of hydrogen-bond acceptors (Lipinski definition) is 5. The van der Waals surface area contributed by atoms with Crippen LogP contribution in [0.2, 0.25) is 4.34 Å². The summed E-state index contributed by atoms with van der Waals surface area (Å²) >= 11 is 7.11. The lowest BCUT2D eigenvalue weighted by Crippen LogP contribution is -2.29. The van der Waals surface area contributed by atoms with Gasteiger partial charge in [-0.3, -0.25) is 4.79 Å². The lowest BCUT2D eigenvalue weighted by atomic mass is 10.2. The van der Waals surface area contributed by atoms with Crippen molar-refractivity contribution in [3.63, 3.8) is 0 Å². The molecule has 7 heteroatoms. The van der Waals surface area contributed by atoms with Crippen molar-refractivity contribution in [2.45, 2.75) is 13.0 Å². The zero-order valence-electron chi connectivity index (χ0n) is 9.88. The van der Waals surface area contributed by atoms with E-state index in [9.17, 15) is 4.79 Å². The first-order valence-corrected chi connectivity index (χ1v) is 6.90. The number of aromatic nitrogens is 2. The normalized spacial score (nSPS) is 14.8. The molecule has 2 heterocycles. The van der Waals surface area contributed by atoms with Gasteiger partial charge < -0.3 is 9.64 Å². The van der Waals surface area contributed by atoms with E-state index < -0.39 is 0 Å². The maximum Gasteiger partial charge on any atom is 0.230 e. The summed E-state index contributed by atoms with van der Waals surface area (Å²) in [6.07, 6.45) is 0.337. The summed E-state index contributed by atoms with van der Waals surface area (Å²) in [7, 11) is 0. The zero-order valence-corrected chi connectivity index (χ0v) is 11.4. The average Bonchev–Trinajstić information content (AvgIpc) is 2.74. The molecule has 19 heavy (non-hydrogen) atoms. The van der Waals surface area contributed by atoms with Gasteiger partial charge in [-0.1, -0.05) is 28.2 Å². The quantitative estimate of drug-likeness (QED) is 0.854. The first kappa shape index (κ1) is 12.4. The standard InChI is InChI=1S/C12H10ClN3O2S/c13-12-8(14-15-19-12)7-16-9-3-1-2-4-10(9)18-6-5-11(16)17/h1-4H,5-7H2. The van der Waals surface area contributed by atoms with Gasteiger partial charge in [0.05, 0.1) is 25.3 Å². The molecule has 5 nitrogen and oxygen atoms in total. The zero-order chi connectivity index (χ0) is 13.2. The van der Waals surface area contributed by atoms with Gasteiger partial charge in [0.1, 0.15) is 15.8 Å². The Morgan fingerprint density at radius 1 is 1.42 bits per heavy atom. The first-order valence-electron chi connectivity index (χ1n) is 5.74. The van der Waals surface area contributed by atoms with Crippen LogP contribution in [0.25, 0.3) is 0 Å². The molecule has 0 bridgehead atoms. The van der Waals surface area contributed by atoms with Crippen LogP contribution in [-0.4, -0.2) is 22.1 Å². The number of para-hydroxylation sites is 2. The Morgan fingerprint density at radius 2 is 2.26 bits per heavy atom. The number of hydrogen-bond donors (Lipinski definition) is 0. The third-order valence-corrected chi connectivity index (χ3v) is 3.83. The molecule has 0 radical (unpaired) electrons. The van der Waals surface area contributed by atoms with Gasteiger partial charge in [0.15, 0.2) is 0 Å². The number of ether oxygens (including phenoxy) is 1. The van der Waals surface area contributed by atoms with Crippen LogP contribution in [0.4, 0.5) is 5.69 Å². The summed E-state index contributed by atoms with van der Waals surface area (Å²) in [5.74, 6) is 0.696. The minimum Gasteiger partial charge on any atom is -0.491 e. The second-order valence-corrected chi connectivity index (χ2v) is 5.40. The molecule has 0 spiro atoms. The second kappa shape index (κ2) is 5.14. The highest BCUT2D eigenvalue weighted by Crippen LogP contribution is 2.32. The van der Waals surface area contributed by atoms with Crippen molar-refractivity contribution >= 4 is 34.7 Å². The number of halogens is 1. The molecule has 0 atom stereocenters. The molecule has 0 aliphatic carbocycles. The van der Waals surface area contributed by atoms with Crippen LogP contribution in [0.1, 0.15) is 12.1 Å². The lowest BCUT2D eigenvalue weighted by Gasteiger charge is -2.20. The molecule has 2 aromatic rings. The Kier molecular flexibility index (Phi) is 3.35. The second-order valence-electron chi connectivity index (χ2n) is 4.04. The summed E-state index contributed by atoms with van der Waals surface area (Å²) in [5.41, 5.74) is 1.35. The summed E-state index contributed by atoms with van der Waals surface area (Å²) in [6.45, 7) is 0.698. The Labute approximate surface area is 118 Å². The monoisotopic (exact) mass is 295 g/mol. The number of carbonyl (C=O) groups excluding carboxylic acids is 1. The van der Waals surface area contributed by atoms with Crippen molar-refractivity contribution < 1.29 is 9.53 Å². The molecule has 98 valence electrons. The fourth-order valence-electron chi connectivity index (χ4n) is 1.93. The first-order chi connectivity index (χ1) is 9.25. The predicted molar refractivity (Wildman–Crippen MR) is 72.7 cm³/mol. The fourth-order valence-corrected chi connectivity index (χ4v) is 2.55. The molecular formula is C12H10ClN3O2S. The molecule has 1 aromatic heterocycles. The van der Waals surface area contributed by atoms with Gasteiger partial charge >= 0.3 is 0 Å². The number of benzene rings is 1. The van der Waals surface area contributed by atoms with Gasteiger partial charge in [-0.2, -0.15) is 0 Å². The SMILES string of the molecule is O=C1CCOc2ccccc2N1Cc1nnsc1Cl. The van der Waals surface area contributed by atoms with Crippen LogP contribution in [0.15, 0.2) is 24.3 Å². The molecule has 3 rings (SSSR count). The summed E-state index contributed by atoms with van der Waals surface area (Å²) in [6, 6.07) is 7.45. The van der Waals surface area contributed by atoms with Crippen molar-refractivity contribution in [1.29, 1.82) is 0 Å². The van der Waals surface area contributed by atoms with Crippen LogP contribution >= 0.6 is 23.1 Å². The fraction of sp³-hybridized carbons (Fsp3) is 0.250. The molecule has 0 saturated heterocycles. The van der Waals surface area contributed by atoms with Gasteiger partial charge in [-0.25, -0.2) is 0 Å². The molecule has 0 N–H and O–H groups in total. The van der Waals surface area contributed by atoms with Crippen molar-refractivity contribution in [3.05, 3.63) is 34.3 Å². The Balaban J connectivity index is 1.98. The molecule has 0 unspecified atom stereocenters. The van der Waals surface area contributed by atoms with E-state index in [1.54, 1.807) is 4.90 Å². The summed E-state index contributed by atoms with van der Waals surface area (Å²) in [4.78, 5) is 13.8. The minimum atomic E-state index is -0.00554. The summed E-state index contributed by atoms with van der Waals surface area (Å²) < 4.78 is 9.86. The third-order valence-electron chi connectivity index (χ3n) is 2.85. The van der Waals surface area contributed by atoms with E-state index in [1.807, 2.05) is 24.3 Å². The van der Waals surface area contributed by atoms with Gasteiger partial charge in [-0.05, 0) is 12.1 Å². The van der Waals surface area contributed by atoms with Gasteiger partial charge in [0.2, 0.25) is 5.91 Å². The highest BCUT2D eigenvalue weighted by molar-refractivity contribution is 7.10. The van der Waals surface area contributed by atoms with Gasteiger partial charge in [-0.15, -0.1) is 5.10 Å². The highest BCUT2D eigenvalue weighted by atomic mass is 35.5. The van der Waals surface area contributed by atoms with Crippen molar-refractivity contribution in [2.75, 3.05) is 11.5 Å². The van der Waals surface area contributed by atoms with Crippen molar-refractivity contribution in [3.8, 4) is 5.75 Å². The molecule has 1 aliphatic rings. The van der Waals surface area contributed by atoms with Crippen LogP contribution in [-0.2, 0) is 11.3 Å². The Bertz CT molecular complexity index is 617. The van der Waals surface area contributed by atoms with E-state index in [-0.39, 0.29) is 5.91 Å². The maximum atomic E-state index is 12.2. The number of carbonyl (C=O) groups is 1. The maximum absolute atomic E-state index is 12.2. The number of fused-ring (bicyclic) bond motifs is 1. The topological polar surface area (TPSA) is 55.3 Å².